The van der Waals surface area contributed by atoms with Crippen LogP contribution in [0.2, 0.25) is 0 Å². The van der Waals surface area contributed by atoms with E-state index in [9.17, 15) is 18.0 Å². The Morgan fingerprint density at radius 1 is 1.28 bits per heavy atom. The number of carbonyl (C=O) groups is 1. The molecule has 0 aliphatic carbocycles. The molecule has 1 N–H and O–H groups in total. The summed E-state index contributed by atoms with van der Waals surface area (Å²) in [5.41, 5.74) is 2.79. The zero-order chi connectivity index (χ0) is 13.4. The summed E-state index contributed by atoms with van der Waals surface area (Å²) < 4.78 is 35.1. The van der Waals surface area contributed by atoms with Crippen molar-refractivity contribution >= 4 is 17.7 Å². The summed E-state index contributed by atoms with van der Waals surface area (Å²) in [6.07, 6.45) is -4.44. The van der Waals surface area contributed by atoms with Crippen molar-refractivity contribution in [1.29, 1.82) is 0 Å². The standard InChI is InChI=1S/C11H12F3NO2S/c12-11(13,14)8-17-15-10(16)7-18-6-9-4-2-1-3-5-9/h1-5H,6-8H2,(H,15,16). The highest BCUT2D eigenvalue weighted by atomic mass is 32.2. The van der Waals surface area contributed by atoms with Crippen LogP contribution in [-0.4, -0.2) is 24.4 Å². The molecule has 0 saturated carbocycles. The van der Waals surface area contributed by atoms with E-state index in [0.717, 1.165) is 5.56 Å². The van der Waals surface area contributed by atoms with Gasteiger partial charge in [0.2, 0.25) is 0 Å². The lowest BCUT2D eigenvalue weighted by atomic mass is 10.2. The zero-order valence-electron chi connectivity index (χ0n) is 9.37. The number of benzene rings is 1. The molecule has 100 valence electrons. The van der Waals surface area contributed by atoms with Gasteiger partial charge in [-0.2, -0.15) is 13.2 Å². The predicted molar refractivity (Wildman–Crippen MR) is 62.8 cm³/mol. The normalized spacial score (nSPS) is 11.3. The second-order valence-electron chi connectivity index (χ2n) is 3.41. The molecule has 0 fully saturated rings. The van der Waals surface area contributed by atoms with Crippen LogP contribution in [0.15, 0.2) is 30.3 Å². The number of carbonyl (C=O) groups excluding carboxylic acids is 1. The maximum Gasteiger partial charge on any atom is 0.414 e. The smallest absolute Gasteiger partial charge is 0.272 e. The van der Waals surface area contributed by atoms with E-state index in [1.54, 1.807) is 5.48 Å². The number of hydrogen-bond donors (Lipinski definition) is 1. The fourth-order valence-electron chi connectivity index (χ4n) is 1.06. The average Bonchev–Trinajstić information content (AvgIpc) is 2.28. The fraction of sp³-hybridized carbons (Fsp3) is 0.364. The molecular formula is C11H12F3NO2S. The quantitative estimate of drug-likeness (QED) is 0.813. The summed E-state index contributed by atoms with van der Waals surface area (Å²) in [5, 5.41) is 0. The van der Waals surface area contributed by atoms with Gasteiger partial charge in [-0.05, 0) is 5.56 Å². The molecule has 1 aromatic rings. The first-order valence-corrected chi connectivity index (χ1v) is 6.22. The molecule has 1 aromatic carbocycles. The van der Waals surface area contributed by atoms with Gasteiger partial charge in [0.15, 0.2) is 6.61 Å². The number of alkyl halides is 3. The van der Waals surface area contributed by atoms with Gasteiger partial charge in [0.1, 0.15) is 0 Å². The Morgan fingerprint density at radius 2 is 1.94 bits per heavy atom. The summed E-state index contributed by atoms with van der Waals surface area (Å²) in [6.45, 7) is -1.48. The van der Waals surface area contributed by atoms with Gasteiger partial charge in [-0.15, -0.1) is 11.8 Å². The molecule has 0 aliphatic heterocycles. The van der Waals surface area contributed by atoms with Crippen LogP contribution in [0.4, 0.5) is 13.2 Å². The molecular weight excluding hydrogens is 267 g/mol. The lowest BCUT2D eigenvalue weighted by Gasteiger charge is -2.08. The molecule has 1 rings (SSSR count). The summed E-state index contributed by atoms with van der Waals surface area (Å²) >= 11 is 1.30. The molecule has 0 saturated heterocycles. The first-order valence-electron chi connectivity index (χ1n) is 5.06. The van der Waals surface area contributed by atoms with E-state index in [1.807, 2.05) is 30.3 Å². The van der Waals surface area contributed by atoms with Gasteiger partial charge in [0, 0.05) is 5.75 Å². The minimum absolute atomic E-state index is 0.0484. The number of rotatable bonds is 6. The van der Waals surface area contributed by atoms with Crippen LogP contribution in [0.25, 0.3) is 0 Å². The van der Waals surface area contributed by atoms with Crippen LogP contribution in [0, 0.1) is 0 Å². The van der Waals surface area contributed by atoms with Crippen LogP contribution in [0.5, 0.6) is 0 Å². The lowest BCUT2D eigenvalue weighted by Crippen LogP contribution is -2.30. The lowest BCUT2D eigenvalue weighted by molar-refractivity contribution is -0.191. The Bertz CT molecular complexity index is 370. The molecule has 7 heteroatoms. The van der Waals surface area contributed by atoms with Crippen molar-refractivity contribution in [2.75, 3.05) is 12.4 Å². The molecule has 0 atom stereocenters. The molecule has 0 spiro atoms. The van der Waals surface area contributed by atoms with Crippen molar-refractivity contribution in [2.24, 2.45) is 0 Å². The highest BCUT2D eigenvalue weighted by Gasteiger charge is 2.28. The van der Waals surface area contributed by atoms with Crippen LogP contribution >= 0.6 is 11.8 Å². The third-order valence-electron chi connectivity index (χ3n) is 1.77. The summed E-state index contributed by atoms with van der Waals surface area (Å²) in [7, 11) is 0. The maximum atomic E-state index is 11.7. The van der Waals surface area contributed by atoms with Crippen LogP contribution in [-0.2, 0) is 15.4 Å². The number of thioether (sulfide) groups is 1. The number of hydrogen-bond acceptors (Lipinski definition) is 3. The number of nitrogens with one attached hydrogen (secondary N) is 1. The van der Waals surface area contributed by atoms with Crippen molar-refractivity contribution in [3.8, 4) is 0 Å². The minimum Gasteiger partial charge on any atom is -0.272 e. The van der Waals surface area contributed by atoms with Gasteiger partial charge in [-0.3, -0.25) is 9.63 Å². The number of halogens is 3. The van der Waals surface area contributed by atoms with E-state index in [-0.39, 0.29) is 5.75 Å². The van der Waals surface area contributed by atoms with Gasteiger partial charge in [0.05, 0.1) is 5.75 Å². The Balaban J connectivity index is 2.11. The second-order valence-corrected chi connectivity index (χ2v) is 4.39. The Kier molecular flexibility index (Phi) is 6.00. The van der Waals surface area contributed by atoms with E-state index in [0.29, 0.717) is 5.75 Å². The molecule has 0 unspecified atom stereocenters. The fourth-order valence-corrected chi connectivity index (χ4v) is 1.84. The molecule has 0 radical (unpaired) electrons. The van der Waals surface area contributed by atoms with Crippen molar-refractivity contribution in [3.63, 3.8) is 0 Å². The molecule has 18 heavy (non-hydrogen) atoms. The molecule has 0 bridgehead atoms. The topological polar surface area (TPSA) is 38.3 Å². The second kappa shape index (κ2) is 7.27. The molecule has 0 aromatic heterocycles. The van der Waals surface area contributed by atoms with Crippen molar-refractivity contribution in [2.45, 2.75) is 11.9 Å². The Morgan fingerprint density at radius 3 is 2.56 bits per heavy atom. The molecule has 3 nitrogen and oxygen atoms in total. The zero-order valence-corrected chi connectivity index (χ0v) is 10.2. The van der Waals surface area contributed by atoms with Crippen molar-refractivity contribution in [1.82, 2.24) is 5.48 Å². The van der Waals surface area contributed by atoms with Gasteiger partial charge in [-0.1, -0.05) is 30.3 Å². The van der Waals surface area contributed by atoms with E-state index < -0.39 is 18.7 Å². The number of hydroxylamine groups is 1. The van der Waals surface area contributed by atoms with E-state index in [2.05, 4.69) is 4.84 Å². The predicted octanol–water partition coefficient (Wildman–Crippen LogP) is 2.53. The Hall–Kier alpha value is -1.21. The SMILES string of the molecule is O=C(CSCc1ccccc1)NOCC(F)(F)F. The summed E-state index contributed by atoms with van der Waals surface area (Å²) in [4.78, 5) is 15.1. The van der Waals surface area contributed by atoms with E-state index in [1.165, 1.54) is 11.8 Å². The van der Waals surface area contributed by atoms with Crippen LogP contribution in [0.1, 0.15) is 5.56 Å². The van der Waals surface area contributed by atoms with E-state index in [4.69, 9.17) is 0 Å². The monoisotopic (exact) mass is 279 g/mol. The highest BCUT2D eigenvalue weighted by molar-refractivity contribution is 7.99. The molecule has 0 aliphatic rings. The van der Waals surface area contributed by atoms with Crippen molar-refractivity contribution in [3.05, 3.63) is 35.9 Å². The molecule has 0 heterocycles. The van der Waals surface area contributed by atoms with Crippen molar-refractivity contribution < 1.29 is 22.8 Å². The summed E-state index contributed by atoms with van der Waals surface area (Å²) in [5.74, 6) is 0.0838. The highest BCUT2D eigenvalue weighted by Crippen LogP contribution is 2.14. The maximum absolute atomic E-state index is 11.7. The van der Waals surface area contributed by atoms with Crippen LogP contribution < -0.4 is 5.48 Å². The van der Waals surface area contributed by atoms with Gasteiger partial charge in [-0.25, -0.2) is 5.48 Å². The third kappa shape index (κ3) is 7.18. The van der Waals surface area contributed by atoms with Crippen LogP contribution in [0.3, 0.4) is 0 Å². The van der Waals surface area contributed by atoms with Gasteiger partial charge < -0.3 is 0 Å². The summed E-state index contributed by atoms with van der Waals surface area (Å²) in [6, 6.07) is 9.45. The number of amides is 1. The van der Waals surface area contributed by atoms with Gasteiger partial charge >= 0.3 is 6.18 Å². The largest absolute Gasteiger partial charge is 0.414 e. The van der Waals surface area contributed by atoms with Gasteiger partial charge in [0.25, 0.3) is 5.91 Å². The van der Waals surface area contributed by atoms with E-state index >= 15 is 0 Å². The first kappa shape index (κ1) is 14.8. The average molecular weight is 279 g/mol. The first-order chi connectivity index (χ1) is 8.47. The Labute approximate surface area is 107 Å². The minimum atomic E-state index is -4.44. The third-order valence-corrected chi connectivity index (χ3v) is 2.77. The molecule has 1 amide bonds.